The van der Waals surface area contributed by atoms with Gasteiger partial charge in [0.05, 0.1) is 31.7 Å². The summed E-state index contributed by atoms with van der Waals surface area (Å²) >= 11 is 0. The van der Waals surface area contributed by atoms with Gasteiger partial charge in [-0.2, -0.15) is 0 Å². The summed E-state index contributed by atoms with van der Waals surface area (Å²) in [6.45, 7) is 14.1. The van der Waals surface area contributed by atoms with E-state index in [0.717, 1.165) is 34.2 Å². The van der Waals surface area contributed by atoms with Crippen molar-refractivity contribution in [1.82, 2.24) is 35.1 Å². The standard InChI is InChI=1S/C64H79F3N10O12/c1-37-30-74(46(33-75(37)61(84)85)32-73-22-25-88-35-38(73)2)34-53(79)77-36-64(7,48-19-14-41(27-51(48)77)26-40-12-16-44(65)17-13-40)60(83)68-29-52(78)69-45-18-15-43-31-76(56(47(43)28-45)58(81)71-55-49(66)10-9-11-50(55)67)59(82)54(42-20-23-87-24-21-42)70-57(80)39(3)72(8)62(86)89-63(4,5)6/h9-19,27-28,37-39,42,46,54,56H,20-26,29-36H2,1-8H3,(H,68,83)(H,69,78)(H,70,80)(H,71,81)(H,84,85)/t37-,38-,39+,46+,54+,56+,64+/m1/s1. The maximum absolute atomic E-state index is 15.2. The zero-order valence-electron chi connectivity index (χ0n) is 51.4. The van der Waals surface area contributed by atoms with Gasteiger partial charge in [0.15, 0.2) is 0 Å². The van der Waals surface area contributed by atoms with Gasteiger partial charge in [-0.25, -0.2) is 22.8 Å². The molecule has 89 heavy (non-hydrogen) atoms. The molecule has 0 aromatic heterocycles. The Kier molecular flexibility index (Phi) is 20.0. The van der Waals surface area contributed by atoms with Crippen LogP contribution in [0.15, 0.2) is 78.9 Å². The van der Waals surface area contributed by atoms with Gasteiger partial charge < -0.3 is 55.3 Å². The van der Waals surface area contributed by atoms with Crippen molar-refractivity contribution < 1.29 is 70.8 Å². The first-order valence-electron chi connectivity index (χ1n) is 30.0. The van der Waals surface area contributed by atoms with Crippen LogP contribution in [0.25, 0.3) is 0 Å². The maximum atomic E-state index is 15.2. The molecular weight excluding hydrogens is 1160 g/mol. The van der Waals surface area contributed by atoms with Crippen LogP contribution < -0.4 is 26.2 Å². The first-order valence-corrected chi connectivity index (χ1v) is 30.0. The van der Waals surface area contributed by atoms with Gasteiger partial charge in [-0.05, 0) is 144 Å². The highest BCUT2D eigenvalue weighted by Crippen LogP contribution is 2.43. The molecule has 0 aliphatic carbocycles. The number of nitrogens with one attached hydrogen (secondary N) is 4. The van der Waals surface area contributed by atoms with Crippen molar-refractivity contribution >= 4 is 64.7 Å². The largest absolute Gasteiger partial charge is 0.465 e. The third kappa shape index (κ3) is 15.0. The van der Waals surface area contributed by atoms with Crippen LogP contribution in [0, 0.1) is 23.4 Å². The molecule has 3 saturated heterocycles. The normalized spacial score (nSPS) is 22.1. The van der Waals surface area contributed by atoms with E-state index < -0.39 is 113 Å². The summed E-state index contributed by atoms with van der Waals surface area (Å²) in [5, 5.41) is 20.8. The molecule has 25 heteroatoms. The Morgan fingerprint density at radius 1 is 0.831 bits per heavy atom. The van der Waals surface area contributed by atoms with E-state index in [9.17, 15) is 43.1 Å². The summed E-state index contributed by atoms with van der Waals surface area (Å²) in [6, 6.07) is 14.4. The zero-order valence-corrected chi connectivity index (χ0v) is 51.4. The highest BCUT2D eigenvalue weighted by molar-refractivity contribution is 6.05. The molecular formula is C64H79F3N10O12. The number of amides is 8. The molecule has 22 nitrogen and oxygen atoms in total. The lowest BCUT2D eigenvalue weighted by Crippen LogP contribution is -2.64. The first-order chi connectivity index (χ1) is 42.2. The van der Waals surface area contributed by atoms with Gasteiger partial charge >= 0.3 is 12.2 Å². The molecule has 9 rings (SSSR count). The molecule has 0 bridgehead atoms. The number of para-hydroxylation sites is 1. The minimum absolute atomic E-state index is 0.0664. The fourth-order valence-corrected chi connectivity index (χ4v) is 12.3. The Balaban J connectivity index is 0.944. The lowest BCUT2D eigenvalue weighted by Gasteiger charge is -2.47. The summed E-state index contributed by atoms with van der Waals surface area (Å²) < 4.78 is 61.1. The number of rotatable bonds is 17. The van der Waals surface area contributed by atoms with E-state index in [2.05, 4.69) is 26.2 Å². The molecule has 8 amide bonds. The van der Waals surface area contributed by atoms with E-state index in [1.165, 1.54) is 48.0 Å². The SMILES string of the molecule is C[C@@H]1COCCN1C[C@H]1CN(C(=O)O)[C@H](C)CN1CC(=O)N1C[C@](C)(C(=O)NCC(=O)Nc2ccc3c(c2)[C@@H](C(=O)Nc2c(F)cccc2F)N(C(=O)[C@@H](NC(=O)[C@H](C)N(C)C(=O)OC(C)(C)C)C2CCOCC2)C3)c2ccc(Cc3ccc(F)cc3)cc21. The van der Waals surface area contributed by atoms with Crippen molar-refractivity contribution in [2.45, 2.75) is 122 Å². The van der Waals surface area contributed by atoms with E-state index in [0.29, 0.717) is 62.4 Å². The quantitative estimate of drug-likeness (QED) is 0.0812. The topological polar surface area (TPSA) is 252 Å². The van der Waals surface area contributed by atoms with Gasteiger partial charge in [-0.1, -0.05) is 36.4 Å². The average molecular weight is 1240 g/mol. The van der Waals surface area contributed by atoms with E-state index in [-0.39, 0.29) is 75.2 Å². The van der Waals surface area contributed by atoms with Crippen LogP contribution in [0.3, 0.4) is 0 Å². The molecule has 5 aliphatic heterocycles. The molecule has 4 aromatic rings. The lowest BCUT2D eigenvalue weighted by molar-refractivity contribution is -0.144. The zero-order chi connectivity index (χ0) is 64.2. The van der Waals surface area contributed by atoms with Crippen molar-refractivity contribution in [1.29, 1.82) is 0 Å². The number of piperazine rings is 1. The number of ether oxygens (including phenoxy) is 3. The predicted molar refractivity (Wildman–Crippen MR) is 322 cm³/mol. The van der Waals surface area contributed by atoms with E-state index in [4.69, 9.17) is 14.2 Å². The summed E-state index contributed by atoms with van der Waals surface area (Å²) in [5.41, 5.74) is 0.258. The molecule has 5 N–H and O–H groups in total. The molecule has 5 heterocycles. The minimum Gasteiger partial charge on any atom is -0.465 e. The third-order valence-electron chi connectivity index (χ3n) is 17.5. The Morgan fingerprint density at radius 2 is 1.53 bits per heavy atom. The number of carbonyl (C=O) groups is 8. The van der Waals surface area contributed by atoms with Gasteiger partial charge in [0.25, 0.3) is 5.91 Å². The van der Waals surface area contributed by atoms with Crippen molar-refractivity contribution in [3.05, 3.63) is 124 Å². The van der Waals surface area contributed by atoms with Crippen molar-refractivity contribution in [2.75, 3.05) is 94.8 Å². The fourth-order valence-electron chi connectivity index (χ4n) is 12.3. The Labute approximate surface area is 515 Å². The Hall–Kier alpha value is -8.13. The summed E-state index contributed by atoms with van der Waals surface area (Å²) in [5.74, 6) is -7.10. The van der Waals surface area contributed by atoms with Gasteiger partial charge in [0.1, 0.15) is 46.9 Å². The predicted octanol–water partition coefficient (Wildman–Crippen LogP) is 6.02. The summed E-state index contributed by atoms with van der Waals surface area (Å²) in [7, 11) is 1.38. The molecule has 5 aliphatic rings. The van der Waals surface area contributed by atoms with E-state index in [1.54, 1.807) is 63.8 Å². The number of fused-ring (bicyclic) bond motifs is 2. The number of nitrogens with zero attached hydrogens (tertiary/aromatic N) is 6. The second-order valence-corrected chi connectivity index (χ2v) is 25.1. The molecule has 478 valence electrons. The lowest BCUT2D eigenvalue weighted by atomic mass is 9.83. The first kappa shape index (κ1) is 65.3. The molecule has 4 aromatic carbocycles. The smallest absolute Gasteiger partial charge is 0.410 e. The number of anilines is 3. The van der Waals surface area contributed by atoms with Crippen LogP contribution in [0.5, 0.6) is 0 Å². The van der Waals surface area contributed by atoms with Crippen LogP contribution in [-0.2, 0) is 61.4 Å². The summed E-state index contributed by atoms with van der Waals surface area (Å²) in [6.07, 6.45) is -0.779. The number of carboxylic acid groups (broad SMARTS) is 1. The third-order valence-corrected chi connectivity index (χ3v) is 17.5. The Bertz CT molecular complexity index is 3330. The highest BCUT2D eigenvalue weighted by atomic mass is 19.1. The van der Waals surface area contributed by atoms with Gasteiger partial charge in [0, 0.05) is 89.0 Å². The van der Waals surface area contributed by atoms with Crippen molar-refractivity contribution in [3.63, 3.8) is 0 Å². The number of hydrogen-bond acceptors (Lipinski definition) is 13. The number of hydrogen-bond donors (Lipinski definition) is 5. The second-order valence-electron chi connectivity index (χ2n) is 25.1. The van der Waals surface area contributed by atoms with Gasteiger partial charge in [0.2, 0.25) is 29.5 Å². The van der Waals surface area contributed by atoms with Crippen LogP contribution >= 0.6 is 0 Å². The van der Waals surface area contributed by atoms with Crippen molar-refractivity contribution in [3.8, 4) is 0 Å². The molecule has 0 radical (unpaired) electrons. The summed E-state index contributed by atoms with van der Waals surface area (Å²) in [4.78, 5) is 122. The molecule has 7 atom stereocenters. The number of likely N-dealkylation sites (N-methyl/N-ethyl adjacent to an activating group) is 1. The average Bonchev–Trinajstić information content (AvgIpc) is 1.62. The molecule has 0 unspecified atom stereocenters. The minimum atomic E-state index is -1.57. The Morgan fingerprint density at radius 3 is 2.20 bits per heavy atom. The van der Waals surface area contributed by atoms with Gasteiger partial charge in [-0.15, -0.1) is 0 Å². The highest BCUT2D eigenvalue weighted by Gasteiger charge is 2.49. The number of halogens is 3. The van der Waals surface area contributed by atoms with Crippen molar-refractivity contribution in [2.24, 2.45) is 5.92 Å². The van der Waals surface area contributed by atoms with E-state index >= 15 is 13.6 Å². The molecule has 0 spiro atoms. The molecule has 3 fully saturated rings. The van der Waals surface area contributed by atoms with Crippen LogP contribution in [0.1, 0.15) is 95.2 Å². The number of carbonyl (C=O) groups excluding carboxylic acids is 7. The van der Waals surface area contributed by atoms with Gasteiger partial charge in [-0.3, -0.25) is 43.5 Å². The number of morpholine rings is 1. The van der Waals surface area contributed by atoms with E-state index in [1.807, 2.05) is 24.0 Å². The monoisotopic (exact) mass is 1240 g/mol. The second kappa shape index (κ2) is 27.3. The van der Waals surface area contributed by atoms with Crippen LogP contribution in [0.2, 0.25) is 0 Å². The molecule has 0 saturated carbocycles. The number of benzene rings is 4. The maximum Gasteiger partial charge on any atom is 0.410 e. The van der Waals surface area contributed by atoms with Crippen LogP contribution in [0.4, 0.5) is 39.8 Å². The van der Waals surface area contributed by atoms with Crippen LogP contribution in [-0.4, -0.2) is 192 Å². The fraction of sp³-hybridized carbons (Fsp3) is 0.500.